The number of thiophene rings is 1. The van der Waals surface area contributed by atoms with Crippen LogP contribution in [0.15, 0.2) is 41.8 Å². The van der Waals surface area contributed by atoms with Gasteiger partial charge in [-0.15, -0.1) is 11.3 Å². The summed E-state index contributed by atoms with van der Waals surface area (Å²) in [6.07, 6.45) is 0. The van der Waals surface area contributed by atoms with Gasteiger partial charge in [-0.25, -0.2) is 0 Å². The molecule has 0 aliphatic rings. The van der Waals surface area contributed by atoms with Crippen LogP contribution in [0.1, 0.15) is 15.2 Å². The van der Waals surface area contributed by atoms with Gasteiger partial charge in [0.2, 0.25) is 5.78 Å². The van der Waals surface area contributed by atoms with Crippen molar-refractivity contribution in [3.05, 3.63) is 57.2 Å². The first-order chi connectivity index (χ1) is 7.75. The van der Waals surface area contributed by atoms with Gasteiger partial charge in [-0.1, -0.05) is 17.7 Å². The number of hydrogen-bond donors (Lipinski definition) is 0. The van der Waals surface area contributed by atoms with E-state index in [4.69, 9.17) is 11.6 Å². The maximum atomic E-state index is 11.6. The molecule has 0 unspecified atom stereocenters. The van der Waals surface area contributed by atoms with E-state index in [2.05, 4.69) is 11.8 Å². The first-order valence-corrected chi connectivity index (χ1v) is 5.87. The van der Waals surface area contributed by atoms with E-state index in [1.165, 1.54) is 11.3 Å². The molecule has 2 rings (SSSR count). The van der Waals surface area contributed by atoms with Crippen molar-refractivity contribution in [2.45, 2.75) is 0 Å². The van der Waals surface area contributed by atoms with Crippen LogP contribution >= 0.6 is 22.9 Å². The molecule has 0 N–H and O–H groups in total. The average Bonchev–Trinajstić information content (AvgIpc) is 2.80. The summed E-state index contributed by atoms with van der Waals surface area (Å²) in [5.41, 5.74) is 0.563. The minimum atomic E-state index is -0.190. The quantitative estimate of drug-likeness (QED) is 0.555. The molecule has 0 saturated carbocycles. The van der Waals surface area contributed by atoms with Gasteiger partial charge in [-0.2, -0.15) is 0 Å². The molecular formula is C13H7ClOS. The van der Waals surface area contributed by atoms with Crippen LogP contribution < -0.4 is 0 Å². The average molecular weight is 247 g/mol. The minimum Gasteiger partial charge on any atom is -0.279 e. The third kappa shape index (κ3) is 2.73. The van der Waals surface area contributed by atoms with Crippen molar-refractivity contribution in [3.63, 3.8) is 0 Å². The summed E-state index contributed by atoms with van der Waals surface area (Å²) >= 11 is 7.24. The predicted molar refractivity (Wildman–Crippen MR) is 67.0 cm³/mol. The molecule has 78 valence electrons. The molecule has 2 aromatic rings. The highest BCUT2D eigenvalue weighted by atomic mass is 35.5. The van der Waals surface area contributed by atoms with Gasteiger partial charge in [-0.3, -0.25) is 4.79 Å². The first kappa shape index (κ1) is 10.9. The van der Waals surface area contributed by atoms with Gasteiger partial charge in [0.25, 0.3) is 0 Å². The van der Waals surface area contributed by atoms with Crippen molar-refractivity contribution in [3.8, 4) is 11.8 Å². The Balaban J connectivity index is 2.17. The van der Waals surface area contributed by atoms with Crippen LogP contribution in [-0.4, -0.2) is 5.78 Å². The van der Waals surface area contributed by atoms with Crippen LogP contribution in [-0.2, 0) is 0 Å². The molecule has 3 heteroatoms. The van der Waals surface area contributed by atoms with Crippen molar-refractivity contribution < 1.29 is 4.79 Å². The fourth-order valence-corrected chi connectivity index (χ4v) is 1.84. The largest absolute Gasteiger partial charge is 0.279 e. The van der Waals surface area contributed by atoms with Gasteiger partial charge in [0.15, 0.2) is 0 Å². The number of carbonyl (C=O) groups is 1. The Bertz CT molecular complexity index is 544. The van der Waals surface area contributed by atoms with Gasteiger partial charge in [-0.05, 0) is 47.6 Å². The van der Waals surface area contributed by atoms with Crippen LogP contribution in [0.4, 0.5) is 0 Å². The lowest BCUT2D eigenvalue weighted by Gasteiger charge is -1.92. The molecule has 0 aliphatic carbocycles. The van der Waals surface area contributed by atoms with Gasteiger partial charge < -0.3 is 0 Å². The van der Waals surface area contributed by atoms with Gasteiger partial charge in [0.05, 0.1) is 4.88 Å². The van der Waals surface area contributed by atoms with Crippen molar-refractivity contribution in [1.82, 2.24) is 0 Å². The van der Waals surface area contributed by atoms with Gasteiger partial charge >= 0.3 is 0 Å². The Morgan fingerprint density at radius 3 is 2.56 bits per heavy atom. The number of benzene rings is 1. The van der Waals surface area contributed by atoms with Crippen molar-refractivity contribution in [1.29, 1.82) is 0 Å². The summed E-state index contributed by atoms with van der Waals surface area (Å²) < 4.78 is 0. The molecule has 0 bridgehead atoms. The fraction of sp³-hybridized carbons (Fsp3) is 0. The molecule has 0 aliphatic heterocycles. The van der Waals surface area contributed by atoms with E-state index < -0.39 is 0 Å². The SMILES string of the molecule is O=C(C#Cc1cccs1)c1ccc(Cl)cc1. The van der Waals surface area contributed by atoms with E-state index in [1.54, 1.807) is 24.3 Å². The van der Waals surface area contributed by atoms with E-state index in [1.807, 2.05) is 17.5 Å². The summed E-state index contributed by atoms with van der Waals surface area (Å²) in [5, 5.41) is 2.54. The predicted octanol–water partition coefficient (Wildman–Crippen LogP) is 3.64. The first-order valence-electron chi connectivity index (χ1n) is 4.61. The Morgan fingerprint density at radius 1 is 1.19 bits per heavy atom. The number of Topliss-reactive ketones (excluding diaryl/α,β-unsaturated/α-hetero) is 1. The van der Waals surface area contributed by atoms with Crippen LogP contribution in [0.3, 0.4) is 0 Å². The molecule has 1 heterocycles. The molecule has 0 fully saturated rings. The second-order valence-electron chi connectivity index (χ2n) is 3.06. The molecule has 0 spiro atoms. The van der Waals surface area contributed by atoms with E-state index in [9.17, 15) is 4.79 Å². The van der Waals surface area contributed by atoms with Gasteiger partial charge in [0, 0.05) is 10.6 Å². The second-order valence-corrected chi connectivity index (χ2v) is 4.45. The molecule has 0 atom stereocenters. The molecular weight excluding hydrogens is 240 g/mol. The standard InChI is InChI=1S/C13H7ClOS/c14-11-5-3-10(4-6-11)13(15)8-7-12-2-1-9-16-12/h1-6,9H. The zero-order valence-corrected chi connectivity index (χ0v) is 9.81. The third-order valence-corrected chi connectivity index (χ3v) is 2.96. The number of hydrogen-bond acceptors (Lipinski definition) is 2. The van der Waals surface area contributed by atoms with E-state index >= 15 is 0 Å². The van der Waals surface area contributed by atoms with E-state index in [0.29, 0.717) is 10.6 Å². The van der Waals surface area contributed by atoms with Crippen molar-refractivity contribution in [2.75, 3.05) is 0 Å². The van der Waals surface area contributed by atoms with Crippen LogP contribution in [0.25, 0.3) is 0 Å². The highest BCUT2D eigenvalue weighted by molar-refractivity contribution is 7.10. The molecule has 0 saturated heterocycles. The molecule has 0 amide bonds. The number of ketones is 1. The number of carbonyl (C=O) groups excluding carboxylic acids is 1. The van der Waals surface area contributed by atoms with Crippen molar-refractivity contribution >= 4 is 28.7 Å². The molecule has 1 aromatic carbocycles. The fourth-order valence-electron chi connectivity index (χ4n) is 1.14. The lowest BCUT2D eigenvalue weighted by Crippen LogP contribution is -1.93. The third-order valence-electron chi connectivity index (χ3n) is 1.93. The summed E-state index contributed by atoms with van der Waals surface area (Å²) in [5.74, 6) is 5.23. The lowest BCUT2D eigenvalue weighted by molar-refractivity contribution is 0.105. The van der Waals surface area contributed by atoms with E-state index in [-0.39, 0.29) is 5.78 Å². The zero-order chi connectivity index (χ0) is 11.4. The number of rotatable bonds is 1. The molecule has 1 aromatic heterocycles. The van der Waals surface area contributed by atoms with Crippen LogP contribution in [0, 0.1) is 11.8 Å². The summed E-state index contributed by atoms with van der Waals surface area (Å²) in [6, 6.07) is 10.5. The lowest BCUT2D eigenvalue weighted by atomic mass is 10.1. The Morgan fingerprint density at radius 2 is 1.94 bits per heavy atom. The molecule has 1 nitrogen and oxygen atoms in total. The Hall–Kier alpha value is -1.56. The highest BCUT2D eigenvalue weighted by Crippen LogP contribution is 2.10. The maximum Gasteiger partial charge on any atom is 0.236 e. The summed E-state index contributed by atoms with van der Waals surface area (Å²) in [4.78, 5) is 12.5. The van der Waals surface area contributed by atoms with Crippen molar-refractivity contribution in [2.24, 2.45) is 0 Å². The summed E-state index contributed by atoms with van der Waals surface area (Å²) in [6.45, 7) is 0. The zero-order valence-electron chi connectivity index (χ0n) is 8.24. The van der Waals surface area contributed by atoms with E-state index in [0.717, 1.165) is 4.88 Å². The smallest absolute Gasteiger partial charge is 0.236 e. The van der Waals surface area contributed by atoms with Crippen LogP contribution in [0.5, 0.6) is 0 Å². The summed E-state index contributed by atoms with van der Waals surface area (Å²) in [7, 11) is 0. The second kappa shape index (κ2) is 4.98. The highest BCUT2D eigenvalue weighted by Gasteiger charge is 2.00. The Kier molecular flexibility index (Phi) is 3.40. The monoisotopic (exact) mass is 246 g/mol. The molecule has 0 radical (unpaired) electrons. The van der Waals surface area contributed by atoms with Crippen LogP contribution in [0.2, 0.25) is 5.02 Å². The minimum absolute atomic E-state index is 0.190. The Labute approximate surface area is 103 Å². The maximum absolute atomic E-state index is 11.6. The molecule has 16 heavy (non-hydrogen) atoms. The normalized spacial score (nSPS) is 9.31. The number of halogens is 1. The van der Waals surface area contributed by atoms with Gasteiger partial charge in [0.1, 0.15) is 0 Å². The topological polar surface area (TPSA) is 17.1 Å².